The van der Waals surface area contributed by atoms with E-state index in [2.05, 4.69) is 6.08 Å². The van der Waals surface area contributed by atoms with Gasteiger partial charge in [-0.05, 0) is 31.8 Å². The molecule has 0 aromatic rings. The Morgan fingerprint density at radius 1 is 1.47 bits per heavy atom. The summed E-state index contributed by atoms with van der Waals surface area (Å²) < 4.78 is 5.04. The molecule has 1 saturated carbocycles. The summed E-state index contributed by atoms with van der Waals surface area (Å²) in [6, 6.07) is -0.692. The SMILES string of the molecule is COC1=CC([N+](=O)[O-])C(C=C2CCCC2)C=C1. The van der Waals surface area contributed by atoms with E-state index in [-0.39, 0.29) is 10.8 Å². The van der Waals surface area contributed by atoms with Crippen LogP contribution < -0.4 is 0 Å². The lowest BCUT2D eigenvalue weighted by Crippen LogP contribution is -2.27. The largest absolute Gasteiger partial charge is 0.497 e. The molecule has 0 amide bonds. The second-order valence-electron chi connectivity index (χ2n) is 4.52. The van der Waals surface area contributed by atoms with E-state index in [1.165, 1.54) is 25.5 Å². The summed E-state index contributed by atoms with van der Waals surface area (Å²) >= 11 is 0. The van der Waals surface area contributed by atoms with E-state index in [0.717, 1.165) is 12.8 Å². The number of allylic oxidation sites excluding steroid dienone is 2. The summed E-state index contributed by atoms with van der Waals surface area (Å²) in [5, 5.41) is 11.0. The maximum atomic E-state index is 11.0. The number of hydrogen-bond donors (Lipinski definition) is 0. The third-order valence-corrected chi connectivity index (χ3v) is 3.37. The van der Waals surface area contributed by atoms with E-state index in [0.29, 0.717) is 5.76 Å². The van der Waals surface area contributed by atoms with Gasteiger partial charge in [0.05, 0.1) is 13.0 Å². The fourth-order valence-electron chi connectivity index (χ4n) is 2.41. The molecule has 0 bridgehead atoms. The molecule has 0 aliphatic heterocycles. The van der Waals surface area contributed by atoms with Crippen molar-refractivity contribution in [1.82, 2.24) is 0 Å². The zero-order chi connectivity index (χ0) is 12.3. The number of nitro groups is 1. The summed E-state index contributed by atoms with van der Waals surface area (Å²) in [5.41, 5.74) is 1.36. The van der Waals surface area contributed by atoms with Gasteiger partial charge in [0.1, 0.15) is 5.76 Å². The molecular formula is C13H17NO3. The van der Waals surface area contributed by atoms with E-state index >= 15 is 0 Å². The van der Waals surface area contributed by atoms with Crippen LogP contribution in [0.3, 0.4) is 0 Å². The summed E-state index contributed by atoms with van der Waals surface area (Å²) in [5.74, 6) is 0.449. The van der Waals surface area contributed by atoms with E-state index in [1.807, 2.05) is 12.2 Å². The zero-order valence-electron chi connectivity index (χ0n) is 9.96. The Labute approximate surface area is 101 Å². The van der Waals surface area contributed by atoms with Crippen molar-refractivity contribution in [3.05, 3.63) is 45.8 Å². The average molecular weight is 235 g/mol. The van der Waals surface area contributed by atoms with Gasteiger partial charge in [0.15, 0.2) is 0 Å². The van der Waals surface area contributed by atoms with Gasteiger partial charge in [-0.3, -0.25) is 10.1 Å². The lowest BCUT2D eigenvalue weighted by molar-refractivity contribution is -0.514. The molecule has 0 radical (unpaired) electrons. The van der Waals surface area contributed by atoms with Crippen LogP contribution in [0, 0.1) is 16.0 Å². The molecule has 2 rings (SSSR count). The van der Waals surface area contributed by atoms with Crippen LogP contribution in [0.25, 0.3) is 0 Å². The van der Waals surface area contributed by atoms with Gasteiger partial charge in [-0.15, -0.1) is 0 Å². The summed E-state index contributed by atoms with van der Waals surface area (Å²) in [4.78, 5) is 10.8. The minimum atomic E-state index is -0.692. The molecule has 0 spiro atoms. The molecule has 17 heavy (non-hydrogen) atoms. The highest BCUT2D eigenvalue weighted by molar-refractivity contribution is 5.26. The van der Waals surface area contributed by atoms with E-state index < -0.39 is 6.04 Å². The van der Waals surface area contributed by atoms with Crippen LogP contribution in [-0.2, 0) is 4.74 Å². The zero-order valence-corrected chi connectivity index (χ0v) is 9.96. The van der Waals surface area contributed by atoms with Crippen molar-refractivity contribution in [2.24, 2.45) is 5.92 Å². The normalized spacial score (nSPS) is 27.8. The Bertz CT molecular complexity index is 387. The van der Waals surface area contributed by atoms with Crippen LogP contribution in [0.2, 0.25) is 0 Å². The Morgan fingerprint density at radius 2 is 2.18 bits per heavy atom. The summed E-state index contributed by atoms with van der Waals surface area (Å²) in [6.07, 6.45) is 12.0. The molecule has 4 nitrogen and oxygen atoms in total. The lowest BCUT2D eigenvalue weighted by Gasteiger charge is -2.17. The van der Waals surface area contributed by atoms with Crippen LogP contribution >= 0.6 is 0 Å². The molecule has 2 unspecified atom stereocenters. The van der Waals surface area contributed by atoms with Gasteiger partial charge in [0.25, 0.3) is 0 Å². The maximum absolute atomic E-state index is 11.0. The molecule has 92 valence electrons. The minimum Gasteiger partial charge on any atom is -0.497 e. The van der Waals surface area contributed by atoms with Crippen molar-refractivity contribution < 1.29 is 9.66 Å². The van der Waals surface area contributed by atoms with Crippen LogP contribution in [0.15, 0.2) is 35.6 Å². The van der Waals surface area contributed by atoms with Gasteiger partial charge in [-0.25, -0.2) is 0 Å². The smallest absolute Gasteiger partial charge is 0.244 e. The molecule has 2 atom stereocenters. The molecule has 0 N–H and O–H groups in total. The standard InChI is InChI=1S/C13H17NO3/c1-17-12-7-6-11(13(9-12)14(15)16)8-10-4-2-3-5-10/h6-9,11,13H,2-5H2,1H3. The highest BCUT2D eigenvalue weighted by Gasteiger charge is 2.29. The van der Waals surface area contributed by atoms with Crippen molar-refractivity contribution in [2.75, 3.05) is 7.11 Å². The van der Waals surface area contributed by atoms with Crippen molar-refractivity contribution >= 4 is 0 Å². The Balaban J connectivity index is 2.17. The second kappa shape index (κ2) is 5.17. The van der Waals surface area contributed by atoms with Crippen molar-refractivity contribution in [3.63, 3.8) is 0 Å². The van der Waals surface area contributed by atoms with Crippen LogP contribution in [-0.4, -0.2) is 18.1 Å². The quantitative estimate of drug-likeness (QED) is 0.429. The fraction of sp³-hybridized carbons (Fsp3) is 0.538. The topological polar surface area (TPSA) is 52.4 Å². The Kier molecular flexibility index (Phi) is 3.61. The molecule has 0 aromatic heterocycles. The van der Waals surface area contributed by atoms with Crippen molar-refractivity contribution in [2.45, 2.75) is 31.7 Å². The van der Waals surface area contributed by atoms with E-state index in [4.69, 9.17) is 4.74 Å². The van der Waals surface area contributed by atoms with Gasteiger partial charge >= 0.3 is 0 Å². The first-order chi connectivity index (χ1) is 8.20. The van der Waals surface area contributed by atoms with Crippen LogP contribution in [0.5, 0.6) is 0 Å². The first-order valence-electron chi connectivity index (χ1n) is 5.98. The molecule has 4 heteroatoms. The number of nitrogens with zero attached hydrogens (tertiary/aromatic N) is 1. The number of rotatable bonds is 3. The number of methoxy groups -OCH3 is 1. The Morgan fingerprint density at radius 3 is 2.76 bits per heavy atom. The molecule has 0 aromatic carbocycles. The minimum absolute atomic E-state index is 0.128. The van der Waals surface area contributed by atoms with Crippen LogP contribution in [0.4, 0.5) is 0 Å². The van der Waals surface area contributed by atoms with Gasteiger partial charge in [-0.2, -0.15) is 0 Å². The second-order valence-corrected chi connectivity index (χ2v) is 4.52. The number of hydrogen-bond acceptors (Lipinski definition) is 3. The molecule has 2 aliphatic rings. The lowest BCUT2D eigenvalue weighted by atomic mass is 9.92. The average Bonchev–Trinajstić information content (AvgIpc) is 2.82. The third-order valence-electron chi connectivity index (χ3n) is 3.37. The number of ether oxygens (including phenoxy) is 1. The van der Waals surface area contributed by atoms with Crippen molar-refractivity contribution in [1.29, 1.82) is 0 Å². The highest BCUT2D eigenvalue weighted by Crippen LogP contribution is 2.29. The fourth-order valence-corrected chi connectivity index (χ4v) is 2.41. The molecule has 1 fully saturated rings. The van der Waals surface area contributed by atoms with E-state index in [9.17, 15) is 10.1 Å². The van der Waals surface area contributed by atoms with Gasteiger partial charge in [0.2, 0.25) is 6.04 Å². The van der Waals surface area contributed by atoms with Gasteiger partial charge < -0.3 is 4.74 Å². The molecule has 0 heterocycles. The highest BCUT2D eigenvalue weighted by atomic mass is 16.6. The third kappa shape index (κ3) is 2.75. The monoisotopic (exact) mass is 235 g/mol. The summed E-state index contributed by atoms with van der Waals surface area (Å²) in [6.45, 7) is 0. The van der Waals surface area contributed by atoms with Gasteiger partial charge in [0, 0.05) is 11.0 Å². The predicted molar refractivity (Wildman–Crippen MR) is 65.1 cm³/mol. The molecule has 2 aliphatic carbocycles. The van der Waals surface area contributed by atoms with E-state index in [1.54, 1.807) is 6.08 Å². The van der Waals surface area contributed by atoms with Gasteiger partial charge in [-0.1, -0.05) is 17.7 Å². The molecule has 0 saturated heterocycles. The predicted octanol–water partition coefficient (Wildman–Crippen LogP) is 2.85. The Hall–Kier alpha value is -1.58. The first kappa shape index (κ1) is 11.9. The maximum Gasteiger partial charge on any atom is 0.244 e. The van der Waals surface area contributed by atoms with Crippen molar-refractivity contribution in [3.8, 4) is 0 Å². The first-order valence-corrected chi connectivity index (χ1v) is 5.98. The summed E-state index contributed by atoms with van der Waals surface area (Å²) in [7, 11) is 1.53. The molecular weight excluding hydrogens is 218 g/mol. The van der Waals surface area contributed by atoms with Crippen LogP contribution in [0.1, 0.15) is 25.7 Å².